The Kier molecular flexibility index (Phi) is 5.06. The molecular weight excluding hydrogens is 466 g/mol. The molecule has 2 bridgehead atoms. The van der Waals surface area contributed by atoms with Gasteiger partial charge < -0.3 is 14.4 Å². The minimum Gasteiger partial charge on any atom is -0.487 e. The van der Waals surface area contributed by atoms with Crippen LogP contribution in [0.15, 0.2) is 35.3 Å². The molecule has 2 aliphatic carbocycles. The van der Waals surface area contributed by atoms with E-state index in [4.69, 9.17) is 4.74 Å². The summed E-state index contributed by atoms with van der Waals surface area (Å²) in [6.45, 7) is 6.55. The molecule has 3 unspecified atom stereocenters. The van der Waals surface area contributed by atoms with Gasteiger partial charge in [0.15, 0.2) is 29.0 Å². The first-order valence-electron chi connectivity index (χ1n) is 11.3. The van der Waals surface area contributed by atoms with Crippen LogP contribution < -0.4 is 10.2 Å². The normalized spacial score (nSPS) is 24.8. The average Bonchev–Trinajstić information content (AvgIpc) is 3.13. The summed E-state index contributed by atoms with van der Waals surface area (Å²) < 4.78 is 64.7. The lowest BCUT2D eigenvalue weighted by Gasteiger charge is -2.38. The van der Waals surface area contributed by atoms with E-state index in [0.29, 0.717) is 12.0 Å². The van der Waals surface area contributed by atoms with Gasteiger partial charge in [-0.25, -0.2) is 22.4 Å². The predicted molar refractivity (Wildman–Crippen MR) is 120 cm³/mol. The zero-order valence-electron chi connectivity index (χ0n) is 19.3. The Labute approximate surface area is 197 Å². The molecule has 2 fully saturated rings. The summed E-state index contributed by atoms with van der Waals surface area (Å²) >= 11 is 0. The summed E-state index contributed by atoms with van der Waals surface area (Å²) in [5, 5.41) is 8.72. The van der Waals surface area contributed by atoms with E-state index >= 15 is 4.39 Å². The maximum Gasteiger partial charge on any atom is 0.341 e. The second-order valence-corrected chi connectivity index (χ2v) is 10.3. The molecule has 0 aliphatic heterocycles. The predicted octanol–water partition coefficient (Wildman–Crippen LogP) is 5.84. The summed E-state index contributed by atoms with van der Waals surface area (Å²) in [6, 6.07) is 4.08. The Balaban J connectivity index is 1.61. The Morgan fingerprint density at radius 3 is 2.37 bits per heavy atom. The van der Waals surface area contributed by atoms with E-state index in [1.54, 1.807) is 0 Å². The highest BCUT2D eigenvalue weighted by Gasteiger charge is 2.62. The van der Waals surface area contributed by atoms with Gasteiger partial charge in [0.2, 0.25) is 5.43 Å². The van der Waals surface area contributed by atoms with E-state index in [0.717, 1.165) is 36.1 Å². The number of halogens is 4. The molecule has 1 heterocycles. The number of ether oxygens (including phenoxy) is 1. The number of pyridine rings is 1. The van der Waals surface area contributed by atoms with Gasteiger partial charge in [-0.1, -0.05) is 20.8 Å². The fraction of sp³-hybridized carbons (Fsp3) is 0.385. The standard InChI is InChI=1S/C26H23F4NO4/c1-25(2)12-6-7-26(25,3)19(8-12)35-18-5-4-13(9-16(18)27)31-11-15(24(33)34)23(32)14-10-17(28)20(29)21(30)22(14)31/h4-5,9-12,19H,6-8H2,1-3H3,(H,33,34). The summed E-state index contributed by atoms with van der Waals surface area (Å²) in [5.41, 5.74) is -2.86. The molecule has 2 aromatic carbocycles. The van der Waals surface area contributed by atoms with Gasteiger partial charge in [-0.05, 0) is 48.8 Å². The van der Waals surface area contributed by atoms with Crippen LogP contribution in [0.25, 0.3) is 16.6 Å². The fourth-order valence-electron chi connectivity index (χ4n) is 5.94. The zero-order valence-corrected chi connectivity index (χ0v) is 19.3. The molecule has 1 N–H and O–H groups in total. The number of benzene rings is 2. The second-order valence-electron chi connectivity index (χ2n) is 10.3. The summed E-state index contributed by atoms with van der Waals surface area (Å²) in [7, 11) is 0. The van der Waals surface area contributed by atoms with Gasteiger partial charge in [-0.2, -0.15) is 0 Å². The molecular formula is C26H23F4NO4. The number of carbonyl (C=O) groups is 1. The van der Waals surface area contributed by atoms with Gasteiger partial charge in [-0.3, -0.25) is 4.79 Å². The number of hydrogen-bond donors (Lipinski definition) is 1. The first-order valence-corrected chi connectivity index (χ1v) is 11.3. The van der Waals surface area contributed by atoms with Crippen LogP contribution in [-0.2, 0) is 0 Å². The highest BCUT2D eigenvalue weighted by atomic mass is 19.2. The van der Waals surface area contributed by atoms with Gasteiger partial charge in [0.25, 0.3) is 0 Å². The molecule has 9 heteroatoms. The smallest absolute Gasteiger partial charge is 0.341 e. The number of hydrogen-bond acceptors (Lipinski definition) is 3. The van der Waals surface area contributed by atoms with Crippen molar-refractivity contribution in [3.05, 3.63) is 69.5 Å². The Morgan fingerprint density at radius 1 is 1.09 bits per heavy atom. The third-order valence-corrected chi connectivity index (χ3v) is 8.53. The van der Waals surface area contributed by atoms with Crippen LogP contribution in [0.3, 0.4) is 0 Å². The van der Waals surface area contributed by atoms with Crippen molar-refractivity contribution in [1.82, 2.24) is 4.57 Å². The molecule has 0 spiro atoms. The quantitative estimate of drug-likeness (QED) is 0.369. The molecule has 0 radical (unpaired) electrons. The molecule has 3 atom stereocenters. The topological polar surface area (TPSA) is 68.5 Å². The number of aromatic nitrogens is 1. The zero-order chi connectivity index (χ0) is 25.4. The van der Waals surface area contributed by atoms with Crippen molar-refractivity contribution in [2.45, 2.75) is 46.1 Å². The van der Waals surface area contributed by atoms with Crippen molar-refractivity contribution in [1.29, 1.82) is 0 Å². The lowest BCUT2D eigenvalue weighted by molar-refractivity contribution is 0.0278. The molecule has 5 rings (SSSR count). The van der Waals surface area contributed by atoms with Crippen LogP contribution in [-0.4, -0.2) is 21.7 Å². The van der Waals surface area contributed by atoms with E-state index in [1.165, 1.54) is 12.1 Å². The lowest BCUT2D eigenvalue weighted by Crippen LogP contribution is -2.39. The monoisotopic (exact) mass is 489 g/mol. The minimum atomic E-state index is -1.83. The van der Waals surface area contributed by atoms with Crippen LogP contribution in [0.5, 0.6) is 5.75 Å². The second kappa shape index (κ2) is 7.57. The number of carboxylic acid groups (broad SMARTS) is 1. The van der Waals surface area contributed by atoms with E-state index in [-0.39, 0.29) is 28.4 Å². The number of nitrogens with zero attached hydrogens (tertiary/aromatic N) is 1. The molecule has 2 saturated carbocycles. The van der Waals surface area contributed by atoms with Gasteiger partial charge in [-0.15, -0.1) is 0 Å². The van der Waals surface area contributed by atoms with E-state index in [9.17, 15) is 27.9 Å². The number of aromatic carboxylic acids is 1. The first kappa shape index (κ1) is 23.4. The van der Waals surface area contributed by atoms with Crippen LogP contribution in [0, 0.1) is 40.0 Å². The largest absolute Gasteiger partial charge is 0.487 e. The average molecular weight is 489 g/mol. The van der Waals surface area contributed by atoms with Gasteiger partial charge >= 0.3 is 5.97 Å². The maximum atomic E-state index is 15.2. The van der Waals surface area contributed by atoms with Gasteiger partial charge in [0.05, 0.1) is 10.9 Å². The van der Waals surface area contributed by atoms with Crippen molar-refractivity contribution in [3.8, 4) is 11.4 Å². The summed E-state index contributed by atoms with van der Waals surface area (Å²) in [4.78, 5) is 24.1. The van der Waals surface area contributed by atoms with Crippen LogP contribution in [0.4, 0.5) is 17.6 Å². The molecule has 2 aliphatic rings. The van der Waals surface area contributed by atoms with Crippen molar-refractivity contribution >= 4 is 16.9 Å². The number of rotatable bonds is 4. The third kappa shape index (κ3) is 3.20. The molecule has 1 aromatic heterocycles. The van der Waals surface area contributed by atoms with E-state index < -0.39 is 51.1 Å². The first-order chi connectivity index (χ1) is 16.4. The fourth-order valence-corrected chi connectivity index (χ4v) is 5.94. The van der Waals surface area contributed by atoms with E-state index in [2.05, 4.69) is 20.8 Å². The highest BCUT2D eigenvalue weighted by molar-refractivity contribution is 5.93. The van der Waals surface area contributed by atoms with Crippen LogP contribution in [0.1, 0.15) is 50.4 Å². The SMILES string of the molecule is CC1(C)C2CCC1(C)C(Oc1ccc(-n3cc(C(=O)O)c(=O)c4cc(F)c(F)c(F)c43)cc1F)C2. The molecule has 0 amide bonds. The van der Waals surface area contributed by atoms with Crippen molar-refractivity contribution in [2.24, 2.45) is 16.7 Å². The van der Waals surface area contributed by atoms with Crippen molar-refractivity contribution < 1.29 is 32.2 Å². The van der Waals surface area contributed by atoms with Gasteiger partial charge in [0, 0.05) is 23.4 Å². The summed E-state index contributed by atoms with van der Waals surface area (Å²) in [5.74, 6) is -7.15. The molecule has 184 valence electrons. The van der Waals surface area contributed by atoms with Crippen molar-refractivity contribution in [3.63, 3.8) is 0 Å². The van der Waals surface area contributed by atoms with Crippen LogP contribution in [0.2, 0.25) is 0 Å². The van der Waals surface area contributed by atoms with Gasteiger partial charge in [0.1, 0.15) is 11.7 Å². The maximum absolute atomic E-state index is 15.2. The number of carboxylic acids is 1. The Hall–Kier alpha value is -3.36. The number of fused-ring (bicyclic) bond motifs is 3. The molecule has 3 aromatic rings. The molecule has 35 heavy (non-hydrogen) atoms. The van der Waals surface area contributed by atoms with E-state index in [1.807, 2.05) is 0 Å². The van der Waals surface area contributed by atoms with Crippen LogP contribution >= 0.6 is 0 Å². The summed E-state index contributed by atoms with van der Waals surface area (Å²) in [6.07, 6.45) is 3.43. The Bertz CT molecular complexity index is 1460. The van der Waals surface area contributed by atoms with Crippen molar-refractivity contribution in [2.75, 3.05) is 0 Å². The molecule has 0 saturated heterocycles. The Morgan fingerprint density at radius 2 is 1.80 bits per heavy atom. The molecule has 5 nitrogen and oxygen atoms in total. The third-order valence-electron chi connectivity index (χ3n) is 8.53. The lowest BCUT2D eigenvalue weighted by atomic mass is 9.70. The minimum absolute atomic E-state index is 0.0233. The highest BCUT2D eigenvalue weighted by Crippen LogP contribution is 2.66.